The number of rotatable bonds is 5. The fourth-order valence-electron chi connectivity index (χ4n) is 4.01. The largest absolute Gasteiger partial charge is 0.401 e. The van der Waals surface area contributed by atoms with Crippen LogP contribution in [0.3, 0.4) is 0 Å². The highest BCUT2D eigenvalue weighted by molar-refractivity contribution is 5.98. The summed E-state index contributed by atoms with van der Waals surface area (Å²) in [4.78, 5) is 22.2. The van der Waals surface area contributed by atoms with E-state index in [2.05, 4.69) is 36.2 Å². The van der Waals surface area contributed by atoms with Gasteiger partial charge in [0, 0.05) is 29.4 Å². The summed E-state index contributed by atoms with van der Waals surface area (Å²) in [5.41, 5.74) is 5.54. The molecule has 8 nitrogen and oxygen atoms in total. The highest BCUT2D eigenvalue weighted by Gasteiger charge is 2.51. The number of carbonyl (C=O) groups excluding carboxylic acids is 1. The lowest BCUT2D eigenvalue weighted by Crippen LogP contribution is -2.36. The number of nitrogens with two attached hydrogens (primary N) is 1. The van der Waals surface area contributed by atoms with Gasteiger partial charge in [0.2, 0.25) is 5.91 Å². The number of anilines is 2. The zero-order valence-electron chi connectivity index (χ0n) is 22.4. The maximum Gasteiger partial charge on any atom is 0.401 e. The van der Waals surface area contributed by atoms with E-state index in [0.29, 0.717) is 22.6 Å². The van der Waals surface area contributed by atoms with Gasteiger partial charge in [-0.1, -0.05) is 50.2 Å². The highest BCUT2D eigenvalue weighted by Crippen LogP contribution is 2.41. The van der Waals surface area contributed by atoms with Crippen molar-refractivity contribution >= 4 is 23.1 Å². The molecule has 3 aromatic heterocycles. The van der Waals surface area contributed by atoms with E-state index in [4.69, 9.17) is 15.2 Å². The van der Waals surface area contributed by atoms with Gasteiger partial charge in [0.1, 0.15) is 28.3 Å². The van der Waals surface area contributed by atoms with Gasteiger partial charge in [-0.15, -0.1) is 0 Å². The van der Waals surface area contributed by atoms with E-state index in [0.717, 1.165) is 31.3 Å². The number of nitrogens with zero attached hydrogens (tertiary/aromatic N) is 4. The van der Waals surface area contributed by atoms with Crippen LogP contribution < -0.4 is 11.1 Å². The number of amides is 1. The van der Waals surface area contributed by atoms with Gasteiger partial charge >= 0.3 is 6.18 Å². The minimum absolute atomic E-state index is 0.0887. The van der Waals surface area contributed by atoms with E-state index in [1.807, 2.05) is 34.9 Å². The van der Waals surface area contributed by atoms with Crippen LogP contribution in [0, 0.1) is 0 Å². The van der Waals surface area contributed by atoms with Crippen molar-refractivity contribution in [3.05, 3.63) is 59.9 Å². The van der Waals surface area contributed by atoms with Crippen molar-refractivity contribution in [3.8, 4) is 11.3 Å². The van der Waals surface area contributed by atoms with Crippen molar-refractivity contribution in [3.63, 3.8) is 0 Å². The maximum atomic E-state index is 13.3. The molecule has 1 amide bonds. The van der Waals surface area contributed by atoms with E-state index in [1.54, 1.807) is 20.0 Å². The molecule has 0 radical (unpaired) electrons. The third kappa shape index (κ3) is 4.61. The Balaban J connectivity index is 1.61. The summed E-state index contributed by atoms with van der Waals surface area (Å²) >= 11 is 0. The van der Waals surface area contributed by atoms with Crippen LogP contribution in [-0.2, 0) is 21.0 Å². The number of imidazole rings is 1. The van der Waals surface area contributed by atoms with Crippen LogP contribution in [0.1, 0.15) is 65.6 Å². The van der Waals surface area contributed by atoms with Crippen LogP contribution in [0.2, 0.25) is 0 Å². The Morgan fingerprint density at radius 3 is 2.24 bits per heavy atom. The zero-order chi connectivity index (χ0) is 28.3. The van der Waals surface area contributed by atoms with E-state index >= 15 is 0 Å². The molecule has 0 aliphatic heterocycles. The summed E-state index contributed by atoms with van der Waals surface area (Å²) in [5.74, 6) is 0.258. The standard InChI is InChI=1S/C27H31F3N6O2/c1-24(2,3)22-34-19(20-21(31)32-12-13-36(20)22)15-8-10-16(11-9-15)25(4,5)23(37)33-18-14-17(38-35-18)26(6,7)27(28,29)30/h8-14H,1-7H3,(H2,31,32)(H,33,35,37). The lowest BCUT2D eigenvalue weighted by atomic mass is 9.83. The molecule has 0 fully saturated rings. The van der Waals surface area contributed by atoms with Crippen molar-refractivity contribution in [1.29, 1.82) is 0 Å². The molecule has 11 heteroatoms. The van der Waals surface area contributed by atoms with Gasteiger partial charge in [-0.05, 0) is 33.3 Å². The molecule has 0 saturated carbocycles. The number of aromatic nitrogens is 4. The van der Waals surface area contributed by atoms with E-state index in [9.17, 15) is 18.0 Å². The molecule has 0 aliphatic rings. The Kier molecular flexibility index (Phi) is 6.32. The SMILES string of the molecule is CC(C)(C)c1nc(-c2ccc(C(C)(C)C(=O)Nc3cc(C(C)(C)C(F)(F)F)on3)cc2)c2c(N)nccn12. The first-order valence-electron chi connectivity index (χ1n) is 12.0. The van der Waals surface area contributed by atoms with Gasteiger partial charge in [0.15, 0.2) is 11.6 Å². The van der Waals surface area contributed by atoms with Crippen molar-refractivity contribution in [2.75, 3.05) is 11.1 Å². The number of halogens is 3. The van der Waals surface area contributed by atoms with Crippen LogP contribution in [0.4, 0.5) is 24.8 Å². The number of nitrogen functional groups attached to an aromatic ring is 1. The average molecular weight is 529 g/mol. The van der Waals surface area contributed by atoms with Crippen LogP contribution >= 0.6 is 0 Å². The van der Waals surface area contributed by atoms with Crippen molar-refractivity contribution < 1.29 is 22.5 Å². The summed E-state index contributed by atoms with van der Waals surface area (Å²) in [5, 5.41) is 6.19. The molecule has 0 spiro atoms. The third-order valence-electron chi connectivity index (χ3n) is 6.78. The smallest absolute Gasteiger partial charge is 0.382 e. The predicted octanol–water partition coefficient (Wildman–Crippen LogP) is 6.02. The first kappa shape index (κ1) is 27.2. The van der Waals surface area contributed by atoms with Crippen molar-refractivity contribution in [1.82, 2.24) is 19.5 Å². The van der Waals surface area contributed by atoms with Crippen LogP contribution in [-0.4, -0.2) is 31.6 Å². The van der Waals surface area contributed by atoms with Gasteiger partial charge < -0.3 is 15.6 Å². The van der Waals surface area contributed by atoms with Crippen LogP contribution in [0.15, 0.2) is 47.2 Å². The molecule has 202 valence electrons. The number of fused-ring (bicyclic) bond motifs is 1. The van der Waals surface area contributed by atoms with Gasteiger partial charge in [-0.2, -0.15) is 13.2 Å². The van der Waals surface area contributed by atoms with Crippen LogP contribution in [0.5, 0.6) is 0 Å². The normalized spacial score (nSPS) is 13.2. The van der Waals surface area contributed by atoms with Gasteiger partial charge in [0.25, 0.3) is 0 Å². The minimum Gasteiger partial charge on any atom is -0.382 e. The molecule has 4 rings (SSSR count). The molecule has 4 aromatic rings. The highest BCUT2D eigenvalue weighted by atomic mass is 19.4. The Labute approximate surface area is 218 Å². The van der Waals surface area contributed by atoms with Crippen molar-refractivity contribution in [2.24, 2.45) is 0 Å². The summed E-state index contributed by atoms with van der Waals surface area (Å²) in [7, 11) is 0. The summed E-state index contributed by atoms with van der Waals surface area (Å²) in [6.07, 6.45) is -1.07. The molecular formula is C27H31F3N6O2. The number of hydrogen-bond acceptors (Lipinski definition) is 6. The quantitative estimate of drug-likeness (QED) is 0.328. The Hall–Kier alpha value is -3.89. The Morgan fingerprint density at radius 1 is 1.03 bits per heavy atom. The fraction of sp³-hybridized carbons (Fsp3) is 0.407. The molecular weight excluding hydrogens is 497 g/mol. The van der Waals surface area contributed by atoms with Gasteiger partial charge in [-0.25, -0.2) is 9.97 Å². The van der Waals surface area contributed by atoms with Gasteiger partial charge in [0.05, 0.1) is 5.41 Å². The molecule has 3 heterocycles. The maximum absolute atomic E-state index is 13.3. The molecule has 38 heavy (non-hydrogen) atoms. The second kappa shape index (κ2) is 8.85. The molecule has 3 N–H and O–H groups in total. The topological polar surface area (TPSA) is 111 Å². The number of carbonyl (C=O) groups is 1. The Bertz CT molecular complexity index is 1490. The molecule has 0 bridgehead atoms. The molecule has 0 unspecified atom stereocenters. The minimum atomic E-state index is -4.54. The summed E-state index contributed by atoms with van der Waals surface area (Å²) in [6, 6.07) is 8.42. The van der Waals surface area contributed by atoms with E-state index in [-0.39, 0.29) is 11.2 Å². The molecule has 1 aromatic carbocycles. The summed E-state index contributed by atoms with van der Waals surface area (Å²) < 4.78 is 46.8. The van der Waals surface area contributed by atoms with E-state index in [1.165, 1.54) is 0 Å². The van der Waals surface area contributed by atoms with Crippen LogP contribution in [0.25, 0.3) is 16.8 Å². The molecule has 0 atom stereocenters. The number of benzene rings is 1. The molecule has 0 saturated heterocycles. The van der Waals surface area contributed by atoms with Gasteiger partial charge in [-0.3, -0.25) is 9.20 Å². The molecule has 0 aliphatic carbocycles. The number of hydrogen-bond donors (Lipinski definition) is 2. The number of alkyl halides is 3. The third-order valence-corrected chi connectivity index (χ3v) is 6.78. The predicted molar refractivity (Wildman–Crippen MR) is 139 cm³/mol. The second-order valence-corrected chi connectivity index (χ2v) is 11.4. The first-order valence-corrected chi connectivity index (χ1v) is 12.0. The monoisotopic (exact) mass is 528 g/mol. The lowest BCUT2D eigenvalue weighted by Gasteiger charge is -2.24. The van der Waals surface area contributed by atoms with Crippen molar-refractivity contribution in [2.45, 2.75) is 70.9 Å². The summed E-state index contributed by atoms with van der Waals surface area (Å²) in [6.45, 7) is 11.6. The average Bonchev–Trinajstić information content (AvgIpc) is 3.44. The van der Waals surface area contributed by atoms with E-state index < -0.39 is 28.7 Å². The lowest BCUT2D eigenvalue weighted by molar-refractivity contribution is -0.185. The zero-order valence-corrected chi connectivity index (χ0v) is 22.4. The first-order chi connectivity index (χ1) is 17.4. The fourth-order valence-corrected chi connectivity index (χ4v) is 4.01. The second-order valence-electron chi connectivity index (χ2n) is 11.4. The Morgan fingerprint density at radius 2 is 1.66 bits per heavy atom. The number of nitrogens with one attached hydrogen (secondary N) is 1.